The minimum Gasteiger partial charge on any atom is -0.496 e. The summed E-state index contributed by atoms with van der Waals surface area (Å²) in [5.74, 6) is 0.243. The molecule has 122 valence electrons. The fraction of sp³-hybridized carbons (Fsp3) is 0.125. The number of carbonyl (C=O) groups is 1. The Morgan fingerprint density at radius 1 is 1.33 bits per heavy atom. The van der Waals surface area contributed by atoms with Crippen molar-refractivity contribution in [2.75, 3.05) is 7.11 Å². The minimum atomic E-state index is -0.511. The van der Waals surface area contributed by atoms with Gasteiger partial charge in [0.2, 0.25) is 0 Å². The van der Waals surface area contributed by atoms with Gasteiger partial charge >= 0.3 is 0 Å². The average molecular weight is 326 g/mol. The highest BCUT2D eigenvalue weighted by Gasteiger charge is 2.17. The van der Waals surface area contributed by atoms with Crippen LogP contribution in [0.25, 0.3) is 10.9 Å². The molecule has 0 fully saturated rings. The number of amides is 1. The van der Waals surface area contributed by atoms with Crippen LogP contribution in [0.5, 0.6) is 5.75 Å². The molecule has 1 amide bonds. The summed E-state index contributed by atoms with van der Waals surface area (Å²) in [6.07, 6.45) is 0. The van der Waals surface area contributed by atoms with Crippen LogP contribution in [0.1, 0.15) is 16.1 Å². The van der Waals surface area contributed by atoms with Gasteiger partial charge in [-0.15, -0.1) is 0 Å². The zero-order valence-corrected chi connectivity index (χ0v) is 12.8. The van der Waals surface area contributed by atoms with Crippen LogP contribution in [-0.2, 0) is 6.54 Å². The second-order valence-electron chi connectivity index (χ2n) is 5.05. The Kier molecular flexibility index (Phi) is 4.11. The van der Waals surface area contributed by atoms with E-state index in [0.29, 0.717) is 16.7 Å². The van der Waals surface area contributed by atoms with E-state index in [-0.39, 0.29) is 17.9 Å². The summed E-state index contributed by atoms with van der Waals surface area (Å²) in [4.78, 5) is 22.7. The number of rotatable bonds is 5. The van der Waals surface area contributed by atoms with Crippen LogP contribution in [-0.4, -0.2) is 28.1 Å². The van der Waals surface area contributed by atoms with Gasteiger partial charge in [-0.25, -0.2) is 0 Å². The molecule has 3 aromatic rings. The summed E-state index contributed by atoms with van der Waals surface area (Å²) in [6, 6.07) is 11.5. The maximum atomic E-state index is 12.4. The van der Waals surface area contributed by atoms with Crippen LogP contribution in [0, 0.1) is 10.1 Å². The molecule has 3 rings (SSSR count). The van der Waals surface area contributed by atoms with Crippen molar-refractivity contribution in [3.8, 4) is 5.75 Å². The summed E-state index contributed by atoms with van der Waals surface area (Å²) < 4.78 is 5.23. The predicted molar refractivity (Wildman–Crippen MR) is 86.9 cm³/mol. The molecule has 0 atom stereocenters. The van der Waals surface area contributed by atoms with Gasteiger partial charge in [0.05, 0.1) is 17.5 Å². The first-order valence-corrected chi connectivity index (χ1v) is 7.12. The highest BCUT2D eigenvalue weighted by atomic mass is 16.6. The quantitative estimate of drug-likeness (QED) is 0.552. The molecule has 24 heavy (non-hydrogen) atoms. The third-order valence-corrected chi connectivity index (χ3v) is 3.60. The number of aromatic nitrogens is 2. The fourth-order valence-corrected chi connectivity index (χ4v) is 2.40. The molecule has 0 saturated carbocycles. The number of nitrogens with zero attached hydrogens (tertiary/aromatic N) is 2. The van der Waals surface area contributed by atoms with Crippen molar-refractivity contribution >= 4 is 22.5 Å². The van der Waals surface area contributed by atoms with Gasteiger partial charge in [-0.05, 0) is 12.1 Å². The fourth-order valence-electron chi connectivity index (χ4n) is 2.40. The molecule has 8 nitrogen and oxygen atoms in total. The Morgan fingerprint density at radius 2 is 2.12 bits per heavy atom. The van der Waals surface area contributed by atoms with Gasteiger partial charge in [-0.3, -0.25) is 20.0 Å². The number of methoxy groups -OCH3 is 1. The molecule has 2 N–H and O–H groups in total. The number of nitro groups is 1. The molecule has 1 heterocycles. The van der Waals surface area contributed by atoms with E-state index in [1.807, 2.05) is 18.2 Å². The number of H-pyrrole nitrogens is 1. The molecular weight excluding hydrogens is 312 g/mol. The molecule has 8 heteroatoms. The van der Waals surface area contributed by atoms with Crippen LogP contribution >= 0.6 is 0 Å². The second-order valence-corrected chi connectivity index (χ2v) is 5.05. The summed E-state index contributed by atoms with van der Waals surface area (Å²) in [5, 5.41) is 20.7. The summed E-state index contributed by atoms with van der Waals surface area (Å²) in [7, 11) is 1.56. The van der Waals surface area contributed by atoms with E-state index in [1.165, 1.54) is 18.2 Å². The maximum Gasteiger partial charge on any atom is 0.272 e. The van der Waals surface area contributed by atoms with E-state index >= 15 is 0 Å². The molecule has 0 aliphatic heterocycles. The number of aromatic amines is 1. The maximum absolute atomic E-state index is 12.4. The van der Waals surface area contributed by atoms with Gasteiger partial charge in [0, 0.05) is 29.6 Å². The Bertz CT molecular complexity index is 919. The lowest BCUT2D eigenvalue weighted by atomic mass is 10.1. The van der Waals surface area contributed by atoms with Crippen LogP contribution in [0.2, 0.25) is 0 Å². The molecule has 0 aliphatic carbocycles. The molecule has 0 spiro atoms. The van der Waals surface area contributed by atoms with Gasteiger partial charge in [0.1, 0.15) is 5.75 Å². The lowest BCUT2D eigenvalue weighted by Gasteiger charge is -2.08. The molecule has 0 aliphatic rings. The Labute approximate surface area is 136 Å². The van der Waals surface area contributed by atoms with E-state index in [1.54, 1.807) is 13.2 Å². The van der Waals surface area contributed by atoms with Crippen molar-refractivity contribution in [3.63, 3.8) is 0 Å². The first-order valence-electron chi connectivity index (χ1n) is 7.12. The van der Waals surface area contributed by atoms with Gasteiger partial charge in [0.15, 0.2) is 5.69 Å². The average Bonchev–Trinajstić information content (AvgIpc) is 3.03. The number of nitro benzene ring substituents is 1. The largest absolute Gasteiger partial charge is 0.496 e. The van der Waals surface area contributed by atoms with Crippen LogP contribution in [0.3, 0.4) is 0 Å². The highest BCUT2D eigenvalue weighted by molar-refractivity contribution is 6.05. The van der Waals surface area contributed by atoms with Gasteiger partial charge in [-0.2, -0.15) is 5.10 Å². The number of para-hydroxylation sites is 1. The number of hydrogen-bond acceptors (Lipinski definition) is 5. The van der Waals surface area contributed by atoms with Crippen LogP contribution in [0.4, 0.5) is 5.69 Å². The monoisotopic (exact) mass is 326 g/mol. The van der Waals surface area contributed by atoms with Gasteiger partial charge in [0.25, 0.3) is 11.6 Å². The van der Waals surface area contributed by atoms with Crippen molar-refractivity contribution in [2.45, 2.75) is 6.54 Å². The number of carbonyl (C=O) groups excluding carboxylic acids is 1. The Hall–Kier alpha value is -3.42. The number of non-ortho nitro benzene ring substituents is 1. The van der Waals surface area contributed by atoms with Crippen molar-refractivity contribution in [3.05, 3.63) is 63.8 Å². The number of fused-ring (bicyclic) bond motifs is 1. The van der Waals surface area contributed by atoms with E-state index in [4.69, 9.17) is 4.74 Å². The summed E-state index contributed by atoms with van der Waals surface area (Å²) in [5.41, 5.74) is 1.40. The molecule has 0 bridgehead atoms. The SMILES string of the molecule is COc1ccccc1CNC(=O)c1n[nH]c2ccc([N+](=O)[O-])cc12. The lowest BCUT2D eigenvalue weighted by molar-refractivity contribution is -0.384. The van der Waals surface area contributed by atoms with Gasteiger partial charge in [-0.1, -0.05) is 18.2 Å². The highest BCUT2D eigenvalue weighted by Crippen LogP contribution is 2.22. The molecule has 0 radical (unpaired) electrons. The Morgan fingerprint density at radius 3 is 2.88 bits per heavy atom. The first-order chi connectivity index (χ1) is 11.6. The van der Waals surface area contributed by atoms with Crippen molar-refractivity contribution in [1.82, 2.24) is 15.5 Å². The van der Waals surface area contributed by atoms with E-state index in [9.17, 15) is 14.9 Å². The van der Waals surface area contributed by atoms with Crippen LogP contribution < -0.4 is 10.1 Å². The van der Waals surface area contributed by atoms with E-state index in [2.05, 4.69) is 15.5 Å². The van der Waals surface area contributed by atoms with Gasteiger partial charge < -0.3 is 10.1 Å². The number of ether oxygens (including phenoxy) is 1. The lowest BCUT2D eigenvalue weighted by Crippen LogP contribution is -2.23. The summed E-state index contributed by atoms with van der Waals surface area (Å²) in [6.45, 7) is 0.256. The van der Waals surface area contributed by atoms with E-state index < -0.39 is 10.8 Å². The third kappa shape index (κ3) is 2.89. The third-order valence-electron chi connectivity index (χ3n) is 3.60. The number of hydrogen-bond donors (Lipinski definition) is 2. The Balaban J connectivity index is 1.83. The molecule has 0 unspecified atom stereocenters. The van der Waals surface area contributed by atoms with Crippen molar-refractivity contribution < 1.29 is 14.5 Å². The molecule has 0 saturated heterocycles. The minimum absolute atomic E-state index is 0.0947. The molecular formula is C16H14N4O4. The van der Waals surface area contributed by atoms with Crippen molar-refractivity contribution in [2.24, 2.45) is 0 Å². The zero-order valence-electron chi connectivity index (χ0n) is 12.8. The van der Waals surface area contributed by atoms with E-state index in [0.717, 1.165) is 5.56 Å². The number of nitrogens with one attached hydrogen (secondary N) is 2. The normalized spacial score (nSPS) is 10.5. The standard InChI is InChI=1S/C16H14N4O4/c1-24-14-5-3-2-4-10(14)9-17-16(21)15-12-8-11(20(22)23)6-7-13(12)18-19-15/h2-8H,9H2,1H3,(H,17,21)(H,18,19). The van der Waals surface area contributed by atoms with Crippen molar-refractivity contribution in [1.29, 1.82) is 0 Å². The predicted octanol–water partition coefficient (Wildman–Crippen LogP) is 2.41. The zero-order chi connectivity index (χ0) is 17.1. The molecule has 2 aromatic carbocycles. The first kappa shape index (κ1) is 15.5. The summed E-state index contributed by atoms with van der Waals surface area (Å²) >= 11 is 0. The smallest absolute Gasteiger partial charge is 0.272 e. The second kappa shape index (κ2) is 6.37. The molecule has 1 aromatic heterocycles. The number of benzene rings is 2. The topological polar surface area (TPSA) is 110 Å². The van der Waals surface area contributed by atoms with Crippen LogP contribution in [0.15, 0.2) is 42.5 Å².